The van der Waals surface area contributed by atoms with Crippen molar-refractivity contribution in [2.24, 2.45) is 0 Å². The Morgan fingerprint density at radius 2 is 2.21 bits per heavy atom. The lowest BCUT2D eigenvalue weighted by atomic mass is 9.97. The first-order valence-corrected chi connectivity index (χ1v) is 4.98. The molecule has 0 aliphatic heterocycles. The number of hydrogen-bond acceptors (Lipinski definition) is 1. The zero-order valence-corrected chi connectivity index (χ0v) is 9.12. The molecule has 0 saturated carbocycles. The first-order chi connectivity index (χ1) is 6.63. The van der Waals surface area contributed by atoms with Crippen molar-refractivity contribution in [3.8, 4) is 0 Å². The molecular weight excluding hydrogens is 172 g/mol. The second-order valence-corrected chi connectivity index (χ2v) is 3.87. The molecule has 14 heavy (non-hydrogen) atoms. The lowest BCUT2D eigenvalue weighted by Gasteiger charge is -2.08. The van der Waals surface area contributed by atoms with Crippen molar-refractivity contribution in [3.63, 3.8) is 0 Å². The molecule has 1 unspecified atom stereocenters. The van der Waals surface area contributed by atoms with Crippen LogP contribution in [-0.2, 0) is 0 Å². The predicted octanol–water partition coefficient (Wildman–Crippen LogP) is 3.04. The number of aliphatic hydroxyl groups is 1. The van der Waals surface area contributed by atoms with Gasteiger partial charge in [0.1, 0.15) is 0 Å². The van der Waals surface area contributed by atoms with E-state index in [1.807, 2.05) is 6.92 Å². The van der Waals surface area contributed by atoms with Crippen LogP contribution in [0.4, 0.5) is 0 Å². The normalized spacial score (nSPS) is 14.1. The van der Waals surface area contributed by atoms with Gasteiger partial charge in [-0.1, -0.05) is 48.4 Å². The molecule has 1 aromatic carbocycles. The third kappa shape index (κ3) is 3.00. The molecule has 1 atom stereocenters. The Balaban J connectivity index is 2.84. The molecule has 1 heteroatoms. The van der Waals surface area contributed by atoms with Gasteiger partial charge in [-0.15, -0.1) is 0 Å². The van der Waals surface area contributed by atoms with Gasteiger partial charge in [-0.25, -0.2) is 0 Å². The summed E-state index contributed by atoms with van der Waals surface area (Å²) in [6.07, 6.45) is 2.11. The Labute approximate surface area is 86.1 Å². The van der Waals surface area contributed by atoms with Crippen LogP contribution in [0.25, 0.3) is 0 Å². The zero-order chi connectivity index (χ0) is 10.6. The standard InChI is InChI=1S/C13H18O/c1-10-5-4-6-13(8-10)12(3)7-11(2)9-14/h4-8,12,14H,9H2,1-3H3. The lowest BCUT2D eigenvalue weighted by Crippen LogP contribution is -1.93. The Bertz CT molecular complexity index is 326. The second-order valence-electron chi connectivity index (χ2n) is 3.87. The lowest BCUT2D eigenvalue weighted by molar-refractivity contribution is 0.330. The summed E-state index contributed by atoms with van der Waals surface area (Å²) in [5.41, 5.74) is 3.61. The summed E-state index contributed by atoms with van der Waals surface area (Å²) in [4.78, 5) is 0. The molecule has 1 N–H and O–H groups in total. The SMILES string of the molecule is CC(=CC(C)c1cccc(C)c1)CO. The van der Waals surface area contributed by atoms with Crippen LogP contribution in [0.2, 0.25) is 0 Å². The average Bonchev–Trinajstić information content (AvgIpc) is 2.17. The third-order valence-corrected chi connectivity index (χ3v) is 2.35. The van der Waals surface area contributed by atoms with Crippen molar-refractivity contribution < 1.29 is 5.11 Å². The number of aryl methyl sites for hydroxylation is 1. The van der Waals surface area contributed by atoms with E-state index in [0.29, 0.717) is 5.92 Å². The summed E-state index contributed by atoms with van der Waals surface area (Å²) >= 11 is 0. The minimum Gasteiger partial charge on any atom is -0.392 e. The summed E-state index contributed by atoms with van der Waals surface area (Å²) in [5.74, 6) is 0.377. The summed E-state index contributed by atoms with van der Waals surface area (Å²) < 4.78 is 0. The topological polar surface area (TPSA) is 20.2 Å². The first-order valence-electron chi connectivity index (χ1n) is 4.98. The highest BCUT2D eigenvalue weighted by Gasteiger charge is 2.02. The summed E-state index contributed by atoms with van der Waals surface area (Å²) in [6.45, 7) is 6.34. The van der Waals surface area contributed by atoms with Crippen molar-refractivity contribution in [1.29, 1.82) is 0 Å². The highest BCUT2D eigenvalue weighted by atomic mass is 16.3. The smallest absolute Gasteiger partial charge is 0.0639 e. The van der Waals surface area contributed by atoms with Crippen LogP contribution in [0.5, 0.6) is 0 Å². The van der Waals surface area contributed by atoms with E-state index in [2.05, 4.69) is 44.2 Å². The monoisotopic (exact) mass is 190 g/mol. The van der Waals surface area contributed by atoms with Gasteiger partial charge in [0, 0.05) is 0 Å². The van der Waals surface area contributed by atoms with Gasteiger partial charge in [0.05, 0.1) is 6.61 Å². The van der Waals surface area contributed by atoms with Crippen molar-refractivity contribution in [3.05, 3.63) is 47.0 Å². The van der Waals surface area contributed by atoms with Crippen LogP contribution < -0.4 is 0 Å². The molecule has 0 aliphatic carbocycles. The molecule has 0 heterocycles. The van der Waals surface area contributed by atoms with Crippen LogP contribution in [0, 0.1) is 6.92 Å². The predicted molar refractivity (Wildman–Crippen MR) is 60.4 cm³/mol. The van der Waals surface area contributed by atoms with E-state index in [4.69, 9.17) is 5.11 Å². The van der Waals surface area contributed by atoms with Crippen molar-refractivity contribution >= 4 is 0 Å². The quantitative estimate of drug-likeness (QED) is 0.726. The summed E-state index contributed by atoms with van der Waals surface area (Å²) in [6, 6.07) is 8.48. The van der Waals surface area contributed by atoms with E-state index in [1.54, 1.807) is 0 Å². The molecule has 0 saturated heterocycles. The van der Waals surface area contributed by atoms with Crippen LogP contribution in [-0.4, -0.2) is 11.7 Å². The Kier molecular flexibility index (Phi) is 3.90. The fraction of sp³-hybridized carbons (Fsp3) is 0.385. The highest BCUT2D eigenvalue weighted by molar-refractivity contribution is 5.28. The molecule has 0 aliphatic rings. The fourth-order valence-electron chi connectivity index (χ4n) is 1.53. The number of rotatable bonds is 3. The van der Waals surface area contributed by atoms with Crippen LogP contribution in [0.1, 0.15) is 30.9 Å². The van der Waals surface area contributed by atoms with E-state index >= 15 is 0 Å². The second kappa shape index (κ2) is 4.97. The van der Waals surface area contributed by atoms with E-state index in [1.165, 1.54) is 11.1 Å². The van der Waals surface area contributed by atoms with Gasteiger partial charge < -0.3 is 5.11 Å². The largest absolute Gasteiger partial charge is 0.392 e. The van der Waals surface area contributed by atoms with Gasteiger partial charge in [-0.05, 0) is 25.3 Å². The number of aliphatic hydroxyl groups excluding tert-OH is 1. The molecule has 0 fully saturated rings. The molecule has 0 amide bonds. The number of allylic oxidation sites excluding steroid dienone is 1. The third-order valence-electron chi connectivity index (χ3n) is 2.35. The van der Waals surface area contributed by atoms with E-state index < -0.39 is 0 Å². The Morgan fingerprint density at radius 3 is 2.79 bits per heavy atom. The Morgan fingerprint density at radius 1 is 1.50 bits per heavy atom. The van der Waals surface area contributed by atoms with E-state index in [0.717, 1.165) is 5.57 Å². The molecule has 0 aromatic heterocycles. The molecule has 1 aromatic rings. The summed E-state index contributed by atoms with van der Waals surface area (Å²) in [7, 11) is 0. The molecule has 76 valence electrons. The summed E-state index contributed by atoms with van der Waals surface area (Å²) in [5, 5.41) is 8.92. The van der Waals surface area contributed by atoms with Crippen LogP contribution in [0.3, 0.4) is 0 Å². The number of benzene rings is 1. The fourth-order valence-corrected chi connectivity index (χ4v) is 1.53. The van der Waals surface area contributed by atoms with Gasteiger partial charge in [0.25, 0.3) is 0 Å². The van der Waals surface area contributed by atoms with Gasteiger partial charge in [-0.3, -0.25) is 0 Å². The molecular formula is C13H18O. The van der Waals surface area contributed by atoms with Gasteiger partial charge in [-0.2, -0.15) is 0 Å². The minimum atomic E-state index is 0.149. The maximum Gasteiger partial charge on any atom is 0.0639 e. The molecule has 0 bridgehead atoms. The first kappa shape index (κ1) is 11.0. The Hall–Kier alpha value is -1.08. The molecule has 0 radical (unpaired) electrons. The van der Waals surface area contributed by atoms with Crippen molar-refractivity contribution in [1.82, 2.24) is 0 Å². The number of hydrogen-bond donors (Lipinski definition) is 1. The minimum absolute atomic E-state index is 0.149. The average molecular weight is 190 g/mol. The van der Waals surface area contributed by atoms with Gasteiger partial charge in [0.2, 0.25) is 0 Å². The maximum atomic E-state index is 8.92. The van der Waals surface area contributed by atoms with E-state index in [-0.39, 0.29) is 6.61 Å². The molecule has 1 rings (SSSR count). The highest BCUT2D eigenvalue weighted by Crippen LogP contribution is 2.18. The van der Waals surface area contributed by atoms with Crippen molar-refractivity contribution in [2.75, 3.05) is 6.61 Å². The zero-order valence-electron chi connectivity index (χ0n) is 9.12. The van der Waals surface area contributed by atoms with Crippen molar-refractivity contribution in [2.45, 2.75) is 26.7 Å². The van der Waals surface area contributed by atoms with Crippen LogP contribution >= 0.6 is 0 Å². The molecule has 1 nitrogen and oxygen atoms in total. The van der Waals surface area contributed by atoms with Gasteiger partial charge in [0.15, 0.2) is 0 Å². The van der Waals surface area contributed by atoms with E-state index in [9.17, 15) is 0 Å². The van der Waals surface area contributed by atoms with Crippen LogP contribution in [0.15, 0.2) is 35.9 Å². The molecule has 0 spiro atoms. The maximum absolute atomic E-state index is 8.92. The van der Waals surface area contributed by atoms with Gasteiger partial charge >= 0.3 is 0 Å².